The molecule has 3 heterocycles. The Morgan fingerprint density at radius 2 is 2.21 bits per heavy atom. The van der Waals surface area contributed by atoms with Gasteiger partial charge in [0, 0.05) is 36.1 Å². The lowest BCUT2D eigenvalue weighted by atomic mass is 10.0. The summed E-state index contributed by atoms with van der Waals surface area (Å²) in [5, 5.41) is 3.37. The van der Waals surface area contributed by atoms with Crippen LogP contribution < -0.4 is 5.32 Å². The predicted octanol–water partition coefficient (Wildman–Crippen LogP) is 2.87. The second-order valence-corrected chi connectivity index (χ2v) is 5.12. The van der Waals surface area contributed by atoms with E-state index >= 15 is 0 Å². The topological polar surface area (TPSA) is 53.6 Å². The molecule has 3 rings (SSSR count). The highest BCUT2D eigenvalue weighted by molar-refractivity contribution is 7.71. The van der Waals surface area contributed by atoms with Crippen molar-refractivity contribution in [3.05, 3.63) is 46.1 Å². The van der Waals surface area contributed by atoms with Crippen LogP contribution in [0.2, 0.25) is 0 Å². The van der Waals surface area contributed by atoms with Crippen LogP contribution in [0.3, 0.4) is 0 Å². The minimum absolute atomic E-state index is 0.541. The number of hydrogen-bond donors (Lipinski definition) is 2. The highest BCUT2D eigenvalue weighted by Crippen LogP contribution is 2.23. The summed E-state index contributed by atoms with van der Waals surface area (Å²) in [6.07, 6.45) is 6.00. The second kappa shape index (κ2) is 5.48. The largest absolute Gasteiger partial charge is 0.370 e. The quantitative estimate of drug-likeness (QED) is 0.825. The maximum Gasteiger partial charge on any atom is 0.198 e. The number of nitrogens with zero attached hydrogens (tertiary/aromatic N) is 2. The highest BCUT2D eigenvalue weighted by atomic mass is 32.1. The SMILES string of the molecule is S=c1nc2c(c(Cc3ccccn3)[nH]1)CCCCN2. The molecule has 0 amide bonds. The molecule has 2 aromatic rings. The smallest absolute Gasteiger partial charge is 0.198 e. The van der Waals surface area contributed by atoms with Crippen molar-refractivity contribution in [2.24, 2.45) is 0 Å². The van der Waals surface area contributed by atoms with Crippen molar-refractivity contribution in [3.63, 3.8) is 0 Å². The van der Waals surface area contributed by atoms with Gasteiger partial charge >= 0.3 is 0 Å². The third-order valence-corrected chi connectivity index (χ3v) is 3.54. The van der Waals surface area contributed by atoms with Gasteiger partial charge in [-0.2, -0.15) is 0 Å². The van der Waals surface area contributed by atoms with Crippen LogP contribution in [0.25, 0.3) is 0 Å². The number of hydrogen-bond acceptors (Lipinski definition) is 4. The summed E-state index contributed by atoms with van der Waals surface area (Å²) in [4.78, 5) is 12.0. The van der Waals surface area contributed by atoms with Gasteiger partial charge in [0.15, 0.2) is 4.77 Å². The third kappa shape index (κ3) is 2.81. The summed E-state index contributed by atoms with van der Waals surface area (Å²) in [6.45, 7) is 0.974. The lowest BCUT2D eigenvalue weighted by Gasteiger charge is -2.11. The molecular formula is C14H16N4S. The Morgan fingerprint density at radius 3 is 3.05 bits per heavy atom. The molecule has 0 aromatic carbocycles. The first kappa shape index (κ1) is 12.3. The molecule has 5 heteroatoms. The van der Waals surface area contributed by atoms with Crippen molar-refractivity contribution in [3.8, 4) is 0 Å². The fourth-order valence-electron chi connectivity index (χ4n) is 2.43. The minimum Gasteiger partial charge on any atom is -0.370 e. The maximum atomic E-state index is 5.22. The van der Waals surface area contributed by atoms with Crippen molar-refractivity contribution in [2.75, 3.05) is 11.9 Å². The summed E-state index contributed by atoms with van der Waals surface area (Å²) in [5.41, 5.74) is 3.45. The molecule has 0 spiro atoms. The van der Waals surface area contributed by atoms with Gasteiger partial charge in [0.2, 0.25) is 0 Å². The zero-order valence-electron chi connectivity index (χ0n) is 10.6. The first-order chi connectivity index (χ1) is 9.33. The van der Waals surface area contributed by atoms with Crippen molar-refractivity contribution in [1.82, 2.24) is 15.0 Å². The van der Waals surface area contributed by atoms with E-state index in [-0.39, 0.29) is 0 Å². The van der Waals surface area contributed by atoms with Gasteiger partial charge in [0.25, 0.3) is 0 Å². The summed E-state index contributed by atoms with van der Waals surface area (Å²) < 4.78 is 0.541. The standard InChI is InChI=1S/C14H16N4S/c19-14-17-12(9-10-5-1-3-7-15-10)11-6-2-4-8-16-13(11)18-14/h1,3,5,7H,2,4,6,8-9H2,(H2,16,17,18,19). The van der Waals surface area contributed by atoms with Crippen LogP contribution in [0.5, 0.6) is 0 Å². The summed E-state index contributed by atoms with van der Waals surface area (Å²) >= 11 is 5.22. The van der Waals surface area contributed by atoms with E-state index in [1.807, 2.05) is 24.4 Å². The fourth-order valence-corrected chi connectivity index (χ4v) is 2.64. The minimum atomic E-state index is 0.541. The van der Waals surface area contributed by atoms with Gasteiger partial charge < -0.3 is 10.3 Å². The Hall–Kier alpha value is -1.75. The number of pyridine rings is 1. The molecule has 2 N–H and O–H groups in total. The molecular weight excluding hydrogens is 256 g/mol. The van der Waals surface area contributed by atoms with Gasteiger partial charge in [0.05, 0.1) is 0 Å². The zero-order chi connectivity index (χ0) is 13.1. The molecule has 1 aliphatic rings. The Kier molecular flexibility index (Phi) is 3.55. The van der Waals surface area contributed by atoms with Crippen LogP contribution in [0.15, 0.2) is 24.4 Å². The van der Waals surface area contributed by atoms with E-state index in [2.05, 4.69) is 20.3 Å². The monoisotopic (exact) mass is 272 g/mol. The average Bonchev–Trinajstić information content (AvgIpc) is 2.65. The zero-order valence-corrected chi connectivity index (χ0v) is 11.5. The third-order valence-electron chi connectivity index (χ3n) is 3.35. The van der Waals surface area contributed by atoms with Crippen LogP contribution >= 0.6 is 12.2 Å². The molecule has 0 saturated carbocycles. The number of H-pyrrole nitrogens is 1. The van der Waals surface area contributed by atoms with E-state index in [1.54, 1.807) is 0 Å². The predicted molar refractivity (Wildman–Crippen MR) is 77.9 cm³/mol. The number of anilines is 1. The number of nitrogens with one attached hydrogen (secondary N) is 2. The maximum absolute atomic E-state index is 5.22. The normalized spacial score (nSPS) is 14.3. The molecule has 2 aromatic heterocycles. The van der Waals surface area contributed by atoms with Crippen LogP contribution in [0, 0.1) is 4.77 Å². The average molecular weight is 272 g/mol. The number of rotatable bonds is 2. The molecule has 4 nitrogen and oxygen atoms in total. The van der Waals surface area contributed by atoms with Crippen molar-refractivity contribution >= 4 is 18.0 Å². The lowest BCUT2D eigenvalue weighted by molar-refractivity contribution is 0.776. The molecule has 0 unspecified atom stereocenters. The van der Waals surface area contributed by atoms with E-state index < -0.39 is 0 Å². The van der Waals surface area contributed by atoms with Gasteiger partial charge in [-0.05, 0) is 43.6 Å². The van der Waals surface area contributed by atoms with Gasteiger partial charge in [-0.25, -0.2) is 4.98 Å². The molecule has 0 bridgehead atoms. The van der Waals surface area contributed by atoms with Gasteiger partial charge in [-0.15, -0.1) is 0 Å². The molecule has 0 aliphatic carbocycles. The van der Waals surface area contributed by atoms with Crippen molar-refractivity contribution < 1.29 is 0 Å². The molecule has 0 fully saturated rings. The van der Waals surface area contributed by atoms with Gasteiger partial charge in [0.1, 0.15) is 5.82 Å². The number of aromatic amines is 1. The van der Waals surface area contributed by atoms with E-state index in [9.17, 15) is 0 Å². The fraction of sp³-hybridized carbons (Fsp3) is 0.357. The van der Waals surface area contributed by atoms with E-state index in [0.717, 1.165) is 36.6 Å². The van der Waals surface area contributed by atoms with Crippen LogP contribution in [-0.2, 0) is 12.8 Å². The summed E-state index contributed by atoms with van der Waals surface area (Å²) in [7, 11) is 0. The molecule has 0 radical (unpaired) electrons. The van der Waals surface area contributed by atoms with Crippen LogP contribution in [-0.4, -0.2) is 21.5 Å². The summed E-state index contributed by atoms with van der Waals surface area (Å²) in [6, 6.07) is 5.98. The molecule has 0 atom stereocenters. The molecule has 1 aliphatic heterocycles. The summed E-state index contributed by atoms with van der Waals surface area (Å²) in [5.74, 6) is 0.951. The van der Waals surface area contributed by atoms with Gasteiger partial charge in [-0.3, -0.25) is 4.98 Å². The molecule has 0 saturated heterocycles. The van der Waals surface area contributed by atoms with E-state index in [0.29, 0.717) is 4.77 Å². The first-order valence-corrected chi connectivity index (χ1v) is 6.99. The van der Waals surface area contributed by atoms with Gasteiger partial charge in [-0.1, -0.05) is 6.07 Å². The van der Waals surface area contributed by atoms with Crippen molar-refractivity contribution in [1.29, 1.82) is 0 Å². The Labute approximate surface area is 117 Å². The van der Waals surface area contributed by atoms with E-state index in [4.69, 9.17) is 12.2 Å². The van der Waals surface area contributed by atoms with Crippen LogP contribution in [0.4, 0.5) is 5.82 Å². The highest BCUT2D eigenvalue weighted by Gasteiger charge is 2.14. The van der Waals surface area contributed by atoms with Crippen molar-refractivity contribution in [2.45, 2.75) is 25.7 Å². The number of aromatic nitrogens is 3. The second-order valence-electron chi connectivity index (χ2n) is 4.73. The van der Waals surface area contributed by atoms with Crippen LogP contribution in [0.1, 0.15) is 29.8 Å². The Bertz CT molecular complexity index is 621. The number of fused-ring (bicyclic) bond motifs is 1. The molecule has 98 valence electrons. The Morgan fingerprint density at radius 1 is 1.26 bits per heavy atom. The Balaban J connectivity index is 2.01. The molecule has 19 heavy (non-hydrogen) atoms. The first-order valence-electron chi connectivity index (χ1n) is 6.59. The van der Waals surface area contributed by atoms with E-state index in [1.165, 1.54) is 18.4 Å². The lowest BCUT2D eigenvalue weighted by Crippen LogP contribution is -2.07.